The first-order chi connectivity index (χ1) is 9.49. The second kappa shape index (κ2) is 8.20. The molecule has 4 nitrogen and oxygen atoms in total. The van der Waals surface area contributed by atoms with Gasteiger partial charge in [0.25, 0.3) is 5.91 Å². The topological polar surface area (TPSA) is 60.8 Å². The van der Waals surface area contributed by atoms with Gasteiger partial charge in [-0.05, 0) is 31.7 Å². The van der Waals surface area contributed by atoms with Gasteiger partial charge in [-0.2, -0.15) is 0 Å². The highest BCUT2D eigenvalue weighted by Gasteiger charge is 2.24. The van der Waals surface area contributed by atoms with Gasteiger partial charge in [0.1, 0.15) is 0 Å². The van der Waals surface area contributed by atoms with Gasteiger partial charge in [0, 0.05) is 18.2 Å². The number of hydrogen-bond acceptors (Lipinski definition) is 3. The standard InChI is InChI=1S/C16H28BNO3/c1-8-14(10-9-13(4)17(20)21)15(19)18(12(2)3)11-16(5,6)7/h8-10,12,20-21H,1,11H2,2-7H3/b13-9+,14-10+. The summed E-state index contributed by atoms with van der Waals surface area (Å²) in [5.74, 6) is -0.105. The van der Waals surface area contributed by atoms with E-state index in [4.69, 9.17) is 10.0 Å². The van der Waals surface area contributed by atoms with Gasteiger partial charge in [0.2, 0.25) is 0 Å². The number of rotatable bonds is 6. The quantitative estimate of drug-likeness (QED) is 0.449. The third-order valence-corrected chi connectivity index (χ3v) is 2.93. The van der Waals surface area contributed by atoms with Gasteiger partial charge in [0.05, 0.1) is 0 Å². The third-order valence-electron chi connectivity index (χ3n) is 2.93. The predicted molar refractivity (Wildman–Crippen MR) is 88.5 cm³/mol. The molecule has 0 aromatic carbocycles. The van der Waals surface area contributed by atoms with E-state index < -0.39 is 7.12 Å². The molecular formula is C16H28BNO3. The predicted octanol–water partition coefficient (Wildman–Crippen LogP) is 2.34. The highest BCUT2D eigenvalue weighted by atomic mass is 16.4. The minimum Gasteiger partial charge on any atom is -0.423 e. The maximum atomic E-state index is 12.6. The van der Waals surface area contributed by atoms with E-state index in [1.165, 1.54) is 12.2 Å². The Kier molecular flexibility index (Phi) is 7.68. The van der Waals surface area contributed by atoms with Crippen molar-refractivity contribution in [2.75, 3.05) is 6.54 Å². The molecule has 2 N–H and O–H groups in total. The Morgan fingerprint density at radius 3 is 2.14 bits per heavy atom. The first-order valence-electron chi connectivity index (χ1n) is 7.17. The fourth-order valence-corrected chi connectivity index (χ4v) is 1.70. The second-order valence-corrected chi connectivity index (χ2v) is 6.70. The lowest BCUT2D eigenvalue weighted by atomic mass is 9.80. The minimum absolute atomic E-state index is 0.000736. The van der Waals surface area contributed by atoms with Crippen LogP contribution in [0.4, 0.5) is 0 Å². The Morgan fingerprint density at radius 2 is 1.81 bits per heavy atom. The Hall–Kier alpha value is -1.33. The average molecular weight is 293 g/mol. The fraction of sp³-hybridized carbons (Fsp3) is 0.562. The first kappa shape index (κ1) is 19.7. The van der Waals surface area contributed by atoms with Crippen molar-refractivity contribution < 1.29 is 14.8 Å². The van der Waals surface area contributed by atoms with E-state index in [1.807, 2.05) is 13.8 Å². The highest BCUT2D eigenvalue weighted by molar-refractivity contribution is 6.50. The fourth-order valence-electron chi connectivity index (χ4n) is 1.70. The summed E-state index contributed by atoms with van der Waals surface area (Å²) in [6.45, 7) is 16.1. The van der Waals surface area contributed by atoms with E-state index in [0.717, 1.165) is 0 Å². The van der Waals surface area contributed by atoms with E-state index in [9.17, 15) is 4.79 Å². The SMILES string of the molecule is C=C/C(=C\C=C(/C)B(O)O)C(=O)N(CC(C)(C)C)C(C)C. The Bertz CT molecular complexity index is 431. The summed E-state index contributed by atoms with van der Waals surface area (Å²) in [7, 11) is -1.52. The van der Waals surface area contributed by atoms with Gasteiger partial charge in [-0.25, -0.2) is 0 Å². The van der Waals surface area contributed by atoms with Crippen LogP contribution in [0, 0.1) is 5.41 Å². The summed E-state index contributed by atoms with van der Waals surface area (Å²) in [5.41, 5.74) is 0.807. The summed E-state index contributed by atoms with van der Waals surface area (Å²) < 4.78 is 0. The molecule has 5 heteroatoms. The molecule has 0 fully saturated rings. The highest BCUT2D eigenvalue weighted by Crippen LogP contribution is 2.19. The number of carbonyl (C=O) groups excluding carboxylic acids is 1. The lowest BCUT2D eigenvalue weighted by Gasteiger charge is -2.33. The minimum atomic E-state index is -1.52. The summed E-state index contributed by atoms with van der Waals surface area (Å²) >= 11 is 0. The molecule has 0 aromatic heterocycles. The molecule has 0 aliphatic rings. The van der Waals surface area contributed by atoms with Crippen molar-refractivity contribution >= 4 is 13.0 Å². The van der Waals surface area contributed by atoms with Crippen molar-refractivity contribution in [2.45, 2.75) is 47.6 Å². The summed E-state index contributed by atoms with van der Waals surface area (Å²) in [6, 6.07) is 0.0774. The monoisotopic (exact) mass is 293 g/mol. The molecule has 21 heavy (non-hydrogen) atoms. The lowest BCUT2D eigenvalue weighted by molar-refractivity contribution is -0.129. The molecule has 0 rings (SSSR count). The van der Waals surface area contributed by atoms with Crippen LogP contribution < -0.4 is 0 Å². The number of nitrogens with zero attached hydrogens (tertiary/aromatic N) is 1. The van der Waals surface area contributed by atoms with E-state index >= 15 is 0 Å². The summed E-state index contributed by atoms with van der Waals surface area (Å²) in [6.07, 6.45) is 4.59. The molecule has 0 bridgehead atoms. The van der Waals surface area contributed by atoms with Crippen LogP contribution in [0.15, 0.2) is 35.9 Å². The van der Waals surface area contributed by atoms with Crippen molar-refractivity contribution in [3.05, 3.63) is 35.9 Å². The van der Waals surface area contributed by atoms with Gasteiger partial charge in [-0.1, -0.05) is 45.6 Å². The molecule has 0 aliphatic carbocycles. The van der Waals surface area contributed by atoms with Gasteiger partial charge in [-0.3, -0.25) is 4.79 Å². The van der Waals surface area contributed by atoms with Crippen LogP contribution in [-0.2, 0) is 4.79 Å². The first-order valence-corrected chi connectivity index (χ1v) is 7.17. The van der Waals surface area contributed by atoms with Gasteiger partial charge >= 0.3 is 7.12 Å². The third kappa shape index (κ3) is 7.30. The summed E-state index contributed by atoms with van der Waals surface area (Å²) in [4.78, 5) is 14.4. The second-order valence-electron chi connectivity index (χ2n) is 6.70. The lowest BCUT2D eigenvalue weighted by Crippen LogP contribution is -2.42. The van der Waals surface area contributed by atoms with E-state index in [1.54, 1.807) is 17.9 Å². The zero-order valence-electron chi connectivity index (χ0n) is 14.1. The molecule has 0 aromatic rings. The van der Waals surface area contributed by atoms with Gasteiger partial charge in [-0.15, -0.1) is 0 Å². The molecule has 0 aliphatic heterocycles. The van der Waals surface area contributed by atoms with Crippen molar-refractivity contribution in [3.8, 4) is 0 Å². The summed E-state index contributed by atoms with van der Waals surface area (Å²) in [5, 5.41) is 18.1. The van der Waals surface area contributed by atoms with Crippen LogP contribution in [0.5, 0.6) is 0 Å². The average Bonchev–Trinajstić information content (AvgIpc) is 2.34. The molecule has 0 heterocycles. The van der Waals surface area contributed by atoms with Crippen molar-refractivity contribution in [1.29, 1.82) is 0 Å². The van der Waals surface area contributed by atoms with E-state index in [0.29, 0.717) is 17.6 Å². The molecule has 118 valence electrons. The molecule has 0 unspecified atom stereocenters. The van der Waals surface area contributed by atoms with Crippen LogP contribution in [0.2, 0.25) is 0 Å². The maximum Gasteiger partial charge on any atom is 0.483 e. The molecule has 0 atom stereocenters. The molecule has 0 saturated heterocycles. The largest absolute Gasteiger partial charge is 0.483 e. The van der Waals surface area contributed by atoms with E-state index in [-0.39, 0.29) is 17.4 Å². The van der Waals surface area contributed by atoms with Crippen LogP contribution in [0.25, 0.3) is 0 Å². The number of carbonyl (C=O) groups is 1. The maximum absolute atomic E-state index is 12.6. The molecular weight excluding hydrogens is 265 g/mol. The van der Waals surface area contributed by atoms with Crippen molar-refractivity contribution in [2.24, 2.45) is 5.41 Å². The zero-order valence-corrected chi connectivity index (χ0v) is 14.1. The number of allylic oxidation sites excluding steroid dienone is 3. The Balaban J connectivity index is 5.34. The van der Waals surface area contributed by atoms with Crippen LogP contribution in [0.1, 0.15) is 41.5 Å². The van der Waals surface area contributed by atoms with Crippen molar-refractivity contribution in [1.82, 2.24) is 4.90 Å². The smallest absolute Gasteiger partial charge is 0.423 e. The van der Waals surface area contributed by atoms with Crippen molar-refractivity contribution in [3.63, 3.8) is 0 Å². The number of amides is 1. The number of hydrogen-bond donors (Lipinski definition) is 2. The normalized spacial score (nSPS) is 13.4. The molecule has 0 radical (unpaired) electrons. The zero-order chi connectivity index (χ0) is 16.8. The molecule has 0 spiro atoms. The molecule has 1 amide bonds. The van der Waals surface area contributed by atoms with E-state index in [2.05, 4.69) is 27.4 Å². The van der Waals surface area contributed by atoms with Crippen LogP contribution in [-0.4, -0.2) is 40.6 Å². The molecule has 0 saturated carbocycles. The van der Waals surface area contributed by atoms with Crippen LogP contribution in [0.3, 0.4) is 0 Å². The van der Waals surface area contributed by atoms with Crippen LogP contribution >= 0.6 is 0 Å². The van der Waals surface area contributed by atoms with Gasteiger partial charge in [0.15, 0.2) is 0 Å². The Labute approximate surface area is 129 Å². The Morgan fingerprint density at radius 1 is 1.29 bits per heavy atom. The van der Waals surface area contributed by atoms with Gasteiger partial charge < -0.3 is 14.9 Å².